The van der Waals surface area contributed by atoms with E-state index in [1.54, 1.807) is 18.4 Å². The molecule has 0 saturated heterocycles. The minimum Gasteiger partial charge on any atom is -0.497 e. The van der Waals surface area contributed by atoms with E-state index in [0.29, 0.717) is 6.54 Å². The van der Waals surface area contributed by atoms with Crippen molar-refractivity contribution in [3.8, 4) is 17.1 Å². The maximum Gasteiger partial charge on any atom is 0.236 e. The zero-order chi connectivity index (χ0) is 19.7. The van der Waals surface area contributed by atoms with Gasteiger partial charge < -0.3 is 14.2 Å². The van der Waals surface area contributed by atoms with E-state index < -0.39 is 0 Å². The largest absolute Gasteiger partial charge is 0.497 e. The van der Waals surface area contributed by atoms with Gasteiger partial charge in [0.2, 0.25) is 5.91 Å². The highest BCUT2D eigenvalue weighted by Crippen LogP contribution is 2.29. The van der Waals surface area contributed by atoms with Crippen molar-refractivity contribution in [3.05, 3.63) is 46.2 Å². The number of hydrogen-bond donors (Lipinski definition) is 0. The molecule has 0 fully saturated rings. The molecule has 146 valence electrons. The van der Waals surface area contributed by atoms with Gasteiger partial charge in [0.05, 0.1) is 12.4 Å². The molecule has 8 heteroatoms. The van der Waals surface area contributed by atoms with Crippen LogP contribution in [0.15, 0.2) is 40.9 Å². The van der Waals surface area contributed by atoms with Crippen molar-refractivity contribution in [3.63, 3.8) is 0 Å². The summed E-state index contributed by atoms with van der Waals surface area (Å²) in [6.45, 7) is 3.43. The normalized spacial score (nSPS) is 14.6. The van der Waals surface area contributed by atoms with Gasteiger partial charge in [0.25, 0.3) is 0 Å². The molecule has 0 bridgehead atoms. The third-order valence-corrected chi connectivity index (χ3v) is 7.08. The monoisotopic (exact) mass is 414 g/mol. The van der Waals surface area contributed by atoms with Gasteiger partial charge in [-0.15, -0.1) is 21.5 Å². The fourth-order valence-corrected chi connectivity index (χ4v) is 5.10. The number of aromatic nitrogens is 3. The van der Waals surface area contributed by atoms with Crippen LogP contribution < -0.4 is 4.74 Å². The van der Waals surface area contributed by atoms with Crippen molar-refractivity contribution in [2.45, 2.75) is 30.3 Å². The van der Waals surface area contributed by atoms with Gasteiger partial charge in [-0.1, -0.05) is 11.8 Å². The molecule has 28 heavy (non-hydrogen) atoms. The third-order valence-electron chi connectivity index (χ3n) is 4.93. The van der Waals surface area contributed by atoms with Gasteiger partial charge in [-0.3, -0.25) is 4.79 Å². The maximum absolute atomic E-state index is 12.9. The van der Waals surface area contributed by atoms with Gasteiger partial charge in [-0.25, -0.2) is 0 Å². The van der Waals surface area contributed by atoms with Crippen molar-refractivity contribution in [2.75, 3.05) is 13.7 Å². The van der Waals surface area contributed by atoms with Crippen LogP contribution in [-0.4, -0.2) is 44.5 Å². The number of rotatable bonds is 5. The molecular weight excluding hydrogens is 392 g/mol. The molecule has 1 aromatic carbocycles. The van der Waals surface area contributed by atoms with E-state index in [1.165, 1.54) is 22.2 Å². The summed E-state index contributed by atoms with van der Waals surface area (Å²) in [4.78, 5) is 16.3. The zero-order valence-electron chi connectivity index (χ0n) is 16.1. The second-order valence-electron chi connectivity index (χ2n) is 6.73. The minimum atomic E-state index is -0.216. The number of methoxy groups -OCH3 is 1. The van der Waals surface area contributed by atoms with Crippen LogP contribution in [0.3, 0.4) is 0 Å². The number of amides is 1. The quantitative estimate of drug-likeness (QED) is 0.597. The molecule has 6 nitrogen and oxygen atoms in total. The lowest BCUT2D eigenvalue weighted by Gasteiger charge is -2.29. The number of carbonyl (C=O) groups is 1. The standard InChI is InChI=1S/C20H22N4O2S2/c1-13(19(25)24-10-8-17-15(12-24)9-11-27-17)28-20-22-21-18(23(20)2)14-4-6-16(26-3)7-5-14/h4-7,9,11,13H,8,10,12H2,1-3H3. The van der Waals surface area contributed by atoms with Gasteiger partial charge in [0, 0.05) is 30.6 Å². The first kappa shape index (κ1) is 19.0. The van der Waals surface area contributed by atoms with Crippen LogP contribution >= 0.6 is 23.1 Å². The fraction of sp³-hybridized carbons (Fsp3) is 0.350. The molecular formula is C20H22N4O2S2. The summed E-state index contributed by atoms with van der Waals surface area (Å²) in [7, 11) is 3.57. The zero-order valence-corrected chi connectivity index (χ0v) is 17.7. The molecule has 2 aromatic heterocycles. The lowest BCUT2D eigenvalue weighted by molar-refractivity contribution is -0.131. The van der Waals surface area contributed by atoms with E-state index in [4.69, 9.17) is 4.74 Å². The van der Waals surface area contributed by atoms with Crippen LogP contribution in [0.2, 0.25) is 0 Å². The maximum atomic E-state index is 12.9. The van der Waals surface area contributed by atoms with E-state index in [2.05, 4.69) is 21.6 Å². The van der Waals surface area contributed by atoms with E-state index in [1.807, 2.05) is 47.7 Å². The van der Waals surface area contributed by atoms with Gasteiger partial charge >= 0.3 is 0 Å². The Morgan fingerprint density at radius 3 is 2.79 bits per heavy atom. The number of fused-ring (bicyclic) bond motifs is 1. The summed E-state index contributed by atoms with van der Waals surface area (Å²) in [6.07, 6.45) is 0.946. The average Bonchev–Trinajstić information content (AvgIpc) is 3.34. The number of hydrogen-bond acceptors (Lipinski definition) is 6. The van der Waals surface area contributed by atoms with E-state index >= 15 is 0 Å². The summed E-state index contributed by atoms with van der Waals surface area (Å²) in [5.74, 6) is 1.72. The Morgan fingerprint density at radius 2 is 2.04 bits per heavy atom. The van der Waals surface area contributed by atoms with Crippen LogP contribution in [0.4, 0.5) is 0 Å². The molecule has 0 N–H and O–H groups in total. The molecule has 1 atom stereocenters. The number of carbonyl (C=O) groups excluding carboxylic acids is 1. The molecule has 1 amide bonds. The van der Waals surface area contributed by atoms with Crippen LogP contribution in [0.1, 0.15) is 17.4 Å². The Hall–Kier alpha value is -2.32. The predicted molar refractivity (Wildman–Crippen MR) is 112 cm³/mol. The highest BCUT2D eigenvalue weighted by Gasteiger charge is 2.27. The second-order valence-corrected chi connectivity index (χ2v) is 9.04. The van der Waals surface area contributed by atoms with Crippen LogP contribution in [-0.2, 0) is 24.8 Å². The molecule has 1 aliphatic heterocycles. The highest BCUT2D eigenvalue weighted by atomic mass is 32.2. The molecule has 3 aromatic rings. The van der Waals surface area contributed by atoms with Crippen LogP contribution in [0.25, 0.3) is 11.4 Å². The second kappa shape index (κ2) is 7.97. The molecule has 0 aliphatic carbocycles. The van der Waals surface area contributed by atoms with Gasteiger partial charge in [0.1, 0.15) is 5.75 Å². The highest BCUT2D eigenvalue weighted by molar-refractivity contribution is 8.00. The summed E-state index contributed by atoms with van der Waals surface area (Å²) in [5.41, 5.74) is 2.24. The Balaban J connectivity index is 1.45. The Bertz CT molecular complexity index is 981. The number of thiophene rings is 1. The van der Waals surface area contributed by atoms with E-state index in [9.17, 15) is 4.79 Å². The predicted octanol–water partition coefficient (Wildman–Crippen LogP) is 3.62. The molecule has 1 unspecified atom stereocenters. The Kier molecular flexibility index (Phi) is 5.41. The lowest BCUT2D eigenvalue weighted by Crippen LogP contribution is -2.39. The van der Waals surface area contributed by atoms with Crippen LogP contribution in [0, 0.1) is 0 Å². The summed E-state index contributed by atoms with van der Waals surface area (Å²) in [5, 5.41) is 11.3. The molecule has 0 radical (unpaired) electrons. The Labute approximate surface area is 172 Å². The minimum absolute atomic E-state index is 0.149. The topological polar surface area (TPSA) is 60.3 Å². The van der Waals surface area contributed by atoms with Crippen molar-refractivity contribution in [1.29, 1.82) is 0 Å². The summed E-state index contributed by atoms with van der Waals surface area (Å²) >= 11 is 3.24. The fourth-order valence-electron chi connectivity index (χ4n) is 3.31. The van der Waals surface area contributed by atoms with Crippen LogP contribution in [0.5, 0.6) is 5.75 Å². The van der Waals surface area contributed by atoms with Gasteiger partial charge in [-0.2, -0.15) is 0 Å². The van der Waals surface area contributed by atoms with Gasteiger partial charge in [0.15, 0.2) is 11.0 Å². The average molecular weight is 415 g/mol. The lowest BCUT2D eigenvalue weighted by atomic mass is 10.1. The SMILES string of the molecule is COc1ccc(-c2nnc(SC(C)C(=O)N3CCc4sccc4C3)n2C)cc1. The van der Waals surface area contributed by atoms with Crippen molar-refractivity contribution < 1.29 is 9.53 Å². The van der Waals surface area contributed by atoms with Crippen molar-refractivity contribution in [2.24, 2.45) is 7.05 Å². The first-order valence-electron chi connectivity index (χ1n) is 9.11. The first-order valence-corrected chi connectivity index (χ1v) is 10.9. The molecule has 1 aliphatic rings. The number of benzene rings is 1. The number of ether oxygens (including phenoxy) is 1. The molecule has 0 saturated carbocycles. The number of nitrogens with zero attached hydrogens (tertiary/aromatic N) is 4. The third kappa shape index (κ3) is 3.66. The van der Waals surface area contributed by atoms with Crippen molar-refractivity contribution in [1.82, 2.24) is 19.7 Å². The van der Waals surface area contributed by atoms with Gasteiger partial charge in [-0.05, 0) is 54.6 Å². The molecule has 3 heterocycles. The summed E-state index contributed by atoms with van der Waals surface area (Å²) < 4.78 is 7.14. The van der Waals surface area contributed by atoms with E-state index in [0.717, 1.165) is 35.3 Å². The first-order chi connectivity index (χ1) is 13.6. The Morgan fingerprint density at radius 1 is 1.25 bits per heavy atom. The van der Waals surface area contributed by atoms with Crippen molar-refractivity contribution >= 4 is 29.0 Å². The molecule has 4 rings (SSSR count). The number of thioether (sulfide) groups is 1. The molecule has 0 spiro atoms. The summed E-state index contributed by atoms with van der Waals surface area (Å²) in [6, 6.07) is 9.84. The van der Waals surface area contributed by atoms with E-state index in [-0.39, 0.29) is 11.2 Å². The smallest absolute Gasteiger partial charge is 0.236 e.